The Morgan fingerprint density at radius 1 is 1.08 bits per heavy atom. The minimum absolute atomic E-state index is 0.0763. The highest BCUT2D eigenvalue weighted by atomic mass is 35.5. The maximum atomic E-state index is 14.3. The highest BCUT2D eigenvalue weighted by Crippen LogP contribution is 2.46. The summed E-state index contributed by atoms with van der Waals surface area (Å²) in [6.45, 7) is 2.38. The van der Waals surface area contributed by atoms with Gasteiger partial charge in [-0.2, -0.15) is 0 Å². The van der Waals surface area contributed by atoms with Gasteiger partial charge in [0.1, 0.15) is 11.5 Å². The van der Waals surface area contributed by atoms with Crippen LogP contribution in [0.5, 0.6) is 0 Å². The lowest BCUT2D eigenvalue weighted by molar-refractivity contribution is -0.154. The zero-order valence-corrected chi connectivity index (χ0v) is 21.1. The number of anilines is 1. The molecule has 6 rings (SSSR count). The van der Waals surface area contributed by atoms with E-state index in [-0.39, 0.29) is 18.5 Å². The minimum Gasteiger partial charge on any atom is -0.352 e. The largest absolute Gasteiger partial charge is 0.352 e. The molecule has 2 atom stereocenters. The second kappa shape index (κ2) is 8.69. The van der Waals surface area contributed by atoms with Crippen LogP contribution in [-0.2, 0) is 22.6 Å². The van der Waals surface area contributed by atoms with Crippen LogP contribution in [0, 0.1) is 12.3 Å². The van der Waals surface area contributed by atoms with Gasteiger partial charge in [-0.3, -0.25) is 29.0 Å². The summed E-state index contributed by atoms with van der Waals surface area (Å²) in [6.07, 6.45) is 4.70. The Bertz CT molecular complexity index is 1530. The molecule has 3 aromatic rings. The van der Waals surface area contributed by atoms with Crippen LogP contribution < -0.4 is 15.8 Å². The van der Waals surface area contributed by atoms with Crippen LogP contribution in [0.1, 0.15) is 42.4 Å². The van der Waals surface area contributed by atoms with E-state index in [1.807, 2.05) is 17.9 Å². The average Bonchev–Trinajstić information content (AvgIpc) is 3.14. The number of pyridine rings is 1. The normalized spacial score (nSPS) is 23.6. The third-order valence-electron chi connectivity index (χ3n) is 7.95. The lowest BCUT2D eigenvalue weighted by Gasteiger charge is -2.50. The number of hydrogen-bond acceptors (Lipinski definition) is 6. The third kappa shape index (κ3) is 3.48. The first-order valence-corrected chi connectivity index (χ1v) is 12.9. The lowest BCUT2D eigenvalue weighted by atomic mass is 9.68. The molecule has 10 heteroatoms. The Labute approximate surface area is 218 Å². The molecule has 0 radical (unpaired) electrons. The molecular formula is C27H26ClN5O4. The Morgan fingerprint density at radius 3 is 2.70 bits per heavy atom. The zero-order valence-electron chi connectivity index (χ0n) is 20.4. The second-order valence-corrected chi connectivity index (χ2v) is 10.5. The van der Waals surface area contributed by atoms with Crippen molar-refractivity contribution in [1.82, 2.24) is 19.6 Å². The number of carbonyl (C=O) groups excluding carboxylic acids is 3. The predicted octanol–water partition coefficient (Wildman–Crippen LogP) is 3.23. The van der Waals surface area contributed by atoms with E-state index < -0.39 is 29.3 Å². The van der Waals surface area contributed by atoms with Crippen LogP contribution in [0.25, 0.3) is 5.65 Å². The van der Waals surface area contributed by atoms with Crippen molar-refractivity contribution in [1.29, 1.82) is 0 Å². The van der Waals surface area contributed by atoms with E-state index in [9.17, 15) is 19.2 Å². The fraction of sp³-hybridized carbons (Fsp3) is 0.370. The molecule has 0 aliphatic carbocycles. The number of rotatable bonds is 2. The fourth-order valence-corrected chi connectivity index (χ4v) is 6.28. The predicted molar refractivity (Wildman–Crippen MR) is 137 cm³/mol. The summed E-state index contributed by atoms with van der Waals surface area (Å²) in [4.78, 5) is 62.6. The van der Waals surface area contributed by atoms with Gasteiger partial charge in [0, 0.05) is 24.2 Å². The molecule has 37 heavy (non-hydrogen) atoms. The number of amides is 4. The monoisotopic (exact) mass is 519 g/mol. The van der Waals surface area contributed by atoms with Crippen molar-refractivity contribution in [2.24, 2.45) is 5.41 Å². The second-order valence-electron chi connectivity index (χ2n) is 10.1. The number of halogens is 1. The molecule has 3 aliphatic heterocycles. The van der Waals surface area contributed by atoms with Gasteiger partial charge in [0.05, 0.1) is 18.2 Å². The van der Waals surface area contributed by atoms with Crippen LogP contribution in [0.15, 0.2) is 47.4 Å². The van der Waals surface area contributed by atoms with Crippen LogP contribution in [0.3, 0.4) is 0 Å². The Morgan fingerprint density at radius 2 is 1.89 bits per heavy atom. The summed E-state index contributed by atoms with van der Waals surface area (Å²) in [5.74, 6) is -0.723. The van der Waals surface area contributed by atoms with Gasteiger partial charge in [-0.25, -0.2) is 9.78 Å². The van der Waals surface area contributed by atoms with Crippen LogP contribution in [-0.4, -0.2) is 44.7 Å². The minimum atomic E-state index is -1.63. The molecule has 2 fully saturated rings. The molecule has 4 amide bonds. The number of benzene rings is 1. The van der Waals surface area contributed by atoms with E-state index in [1.165, 1.54) is 4.40 Å². The quantitative estimate of drug-likeness (QED) is 0.521. The van der Waals surface area contributed by atoms with E-state index in [4.69, 9.17) is 16.6 Å². The van der Waals surface area contributed by atoms with E-state index in [2.05, 4.69) is 5.32 Å². The fourth-order valence-electron chi connectivity index (χ4n) is 6.08. The van der Waals surface area contributed by atoms with Gasteiger partial charge < -0.3 is 4.90 Å². The number of aromatic nitrogens is 2. The van der Waals surface area contributed by atoms with Crippen molar-refractivity contribution in [3.63, 3.8) is 0 Å². The Balaban J connectivity index is 1.54. The summed E-state index contributed by atoms with van der Waals surface area (Å²) >= 11 is 6.34. The number of barbiturate groups is 1. The summed E-state index contributed by atoms with van der Waals surface area (Å²) in [6, 6.07) is 9.33. The van der Waals surface area contributed by atoms with Crippen molar-refractivity contribution in [2.45, 2.75) is 51.6 Å². The van der Waals surface area contributed by atoms with Gasteiger partial charge in [0.2, 0.25) is 11.8 Å². The summed E-state index contributed by atoms with van der Waals surface area (Å²) in [5, 5.41) is 2.86. The van der Waals surface area contributed by atoms with E-state index in [0.29, 0.717) is 40.6 Å². The van der Waals surface area contributed by atoms with Crippen LogP contribution in [0.2, 0.25) is 5.02 Å². The van der Waals surface area contributed by atoms with E-state index in [1.54, 1.807) is 36.5 Å². The number of urea groups is 1. The molecule has 190 valence electrons. The topological polar surface area (TPSA) is 104 Å². The Hall–Kier alpha value is -3.72. The van der Waals surface area contributed by atoms with Crippen molar-refractivity contribution in [3.05, 3.63) is 74.7 Å². The number of imide groups is 2. The number of fused-ring (bicyclic) bond motifs is 5. The maximum absolute atomic E-state index is 14.3. The molecule has 0 saturated carbocycles. The third-order valence-corrected chi connectivity index (χ3v) is 8.32. The molecule has 2 aromatic heterocycles. The summed E-state index contributed by atoms with van der Waals surface area (Å²) < 4.78 is 1.47. The van der Waals surface area contributed by atoms with Gasteiger partial charge in [-0.15, -0.1) is 0 Å². The van der Waals surface area contributed by atoms with Gasteiger partial charge in [0.15, 0.2) is 5.41 Å². The first kappa shape index (κ1) is 23.7. The van der Waals surface area contributed by atoms with Gasteiger partial charge in [0.25, 0.3) is 5.56 Å². The van der Waals surface area contributed by atoms with Crippen molar-refractivity contribution in [3.8, 4) is 0 Å². The standard InChI is InChI=1S/C27H26ClN5O4/c1-16-8-7-13-32-21(16)29-22-18(23(32)34)14-27(20-11-3-2-6-12-31(20)22)24(35)30-26(37)33(25(27)36)15-17-9-4-5-10-19(17)28/h4-5,7-10,13,20H,2-3,6,11-12,14-15H2,1H3,(H,30,35,37)/t20-,27+/m1/s1. The SMILES string of the molecule is Cc1cccn2c(=O)c3c(nc12)N1CCCCC[C@@H]1[C@@]1(C3)C(=O)NC(=O)N(Cc2ccccc2Cl)C1=O. The first-order chi connectivity index (χ1) is 17.8. The molecule has 0 bridgehead atoms. The van der Waals surface area contributed by atoms with Gasteiger partial charge in [-0.1, -0.05) is 48.7 Å². The molecule has 2 saturated heterocycles. The van der Waals surface area contributed by atoms with Crippen molar-refractivity contribution in [2.75, 3.05) is 11.4 Å². The smallest absolute Gasteiger partial charge is 0.331 e. The molecule has 1 N–H and O–H groups in total. The van der Waals surface area contributed by atoms with Crippen molar-refractivity contribution >= 4 is 40.9 Å². The average molecular weight is 520 g/mol. The van der Waals surface area contributed by atoms with Gasteiger partial charge in [-0.05, 0) is 43.0 Å². The molecule has 1 spiro atoms. The van der Waals surface area contributed by atoms with E-state index >= 15 is 0 Å². The number of nitrogens with one attached hydrogen (secondary N) is 1. The highest BCUT2D eigenvalue weighted by molar-refractivity contribution is 6.31. The summed E-state index contributed by atoms with van der Waals surface area (Å²) in [7, 11) is 0. The highest BCUT2D eigenvalue weighted by Gasteiger charge is 2.62. The molecular weight excluding hydrogens is 494 g/mol. The zero-order chi connectivity index (χ0) is 25.9. The first-order valence-electron chi connectivity index (χ1n) is 12.5. The number of carbonyl (C=O) groups is 3. The van der Waals surface area contributed by atoms with Gasteiger partial charge >= 0.3 is 6.03 Å². The molecule has 5 heterocycles. The number of nitrogens with zero attached hydrogens (tertiary/aromatic N) is 4. The number of hydrogen-bond donors (Lipinski definition) is 1. The molecule has 1 aromatic carbocycles. The summed E-state index contributed by atoms with van der Waals surface area (Å²) in [5.41, 5.74) is 0.384. The molecule has 9 nitrogen and oxygen atoms in total. The maximum Gasteiger partial charge on any atom is 0.331 e. The lowest BCUT2D eigenvalue weighted by Crippen LogP contribution is -2.72. The molecule has 0 unspecified atom stereocenters. The van der Waals surface area contributed by atoms with E-state index in [0.717, 1.165) is 29.7 Å². The van der Waals surface area contributed by atoms with Crippen LogP contribution >= 0.6 is 11.6 Å². The Kier molecular flexibility index (Phi) is 5.56. The van der Waals surface area contributed by atoms with Crippen molar-refractivity contribution < 1.29 is 14.4 Å². The number of aryl methyl sites for hydroxylation is 1. The molecule has 3 aliphatic rings. The van der Waals surface area contributed by atoms with Crippen LogP contribution in [0.4, 0.5) is 10.6 Å².